The zero-order valence-corrected chi connectivity index (χ0v) is 12.1. The molecule has 21 heavy (non-hydrogen) atoms. The first-order valence-electron chi connectivity index (χ1n) is 7.49. The van der Waals surface area contributed by atoms with Gasteiger partial charge in [-0.3, -0.25) is 9.88 Å². The average molecular weight is 283 g/mol. The zero-order chi connectivity index (χ0) is 14.5. The number of pyridine rings is 1. The lowest BCUT2D eigenvalue weighted by Crippen LogP contribution is -2.19. The fraction of sp³-hybridized carbons (Fsp3) is 0.353. The molecule has 0 aliphatic carbocycles. The molecule has 1 saturated heterocycles. The first-order chi connectivity index (χ1) is 10.3. The summed E-state index contributed by atoms with van der Waals surface area (Å²) < 4.78 is 0. The number of nitrogens with one attached hydrogen (secondary N) is 1. The summed E-state index contributed by atoms with van der Waals surface area (Å²) in [5.41, 5.74) is 3.42. The quantitative estimate of drug-likeness (QED) is 0.885. The van der Waals surface area contributed by atoms with E-state index in [0.29, 0.717) is 6.54 Å². The van der Waals surface area contributed by atoms with Gasteiger partial charge in [0.05, 0.1) is 18.4 Å². The molecule has 0 atom stereocenters. The SMILES string of the molecule is Oc1ccc(CNc2ccccc2CN2CCCC2)nc1. The Morgan fingerprint density at radius 2 is 1.90 bits per heavy atom. The maximum Gasteiger partial charge on any atom is 0.133 e. The van der Waals surface area contributed by atoms with E-state index in [1.807, 2.05) is 6.07 Å². The van der Waals surface area contributed by atoms with Crippen LogP contribution < -0.4 is 5.32 Å². The van der Waals surface area contributed by atoms with Crippen molar-refractivity contribution < 1.29 is 5.11 Å². The summed E-state index contributed by atoms with van der Waals surface area (Å²) in [6.45, 7) is 4.07. The normalized spacial score (nSPS) is 15.2. The summed E-state index contributed by atoms with van der Waals surface area (Å²) in [5, 5.41) is 12.7. The van der Waals surface area contributed by atoms with E-state index in [2.05, 4.69) is 39.5 Å². The second kappa shape index (κ2) is 6.59. The van der Waals surface area contributed by atoms with Gasteiger partial charge in [-0.15, -0.1) is 0 Å². The average Bonchev–Trinajstić information content (AvgIpc) is 3.01. The number of rotatable bonds is 5. The van der Waals surface area contributed by atoms with Crippen molar-refractivity contribution in [3.8, 4) is 5.75 Å². The second-order valence-corrected chi connectivity index (χ2v) is 5.50. The minimum atomic E-state index is 0.202. The lowest BCUT2D eigenvalue weighted by Gasteiger charge is -2.18. The maximum atomic E-state index is 9.26. The molecule has 1 fully saturated rings. The third-order valence-electron chi connectivity index (χ3n) is 3.88. The fourth-order valence-electron chi connectivity index (χ4n) is 2.72. The predicted octanol–water partition coefficient (Wildman–Crippen LogP) is 3.00. The second-order valence-electron chi connectivity index (χ2n) is 5.50. The number of aromatic nitrogens is 1. The number of likely N-dealkylation sites (tertiary alicyclic amines) is 1. The molecule has 4 nitrogen and oxygen atoms in total. The maximum absolute atomic E-state index is 9.26. The van der Waals surface area contributed by atoms with Crippen molar-refractivity contribution >= 4 is 5.69 Å². The van der Waals surface area contributed by atoms with Crippen LogP contribution in [0.4, 0.5) is 5.69 Å². The molecular formula is C17H21N3O. The number of benzene rings is 1. The van der Waals surface area contributed by atoms with E-state index in [1.54, 1.807) is 6.07 Å². The smallest absolute Gasteiger partial charge is 0.133 e. The van der Waals surface area contributed by atoms with E-state index in [4.69, 9.17) is 0 Å². The molecule has 2 N–H and O–H groups in total. The zero-order valence-electron chi connectivity index (χ0n) is 12.1. The van der Waals surface area contributed by atoms with E-state index in [1.165, 1.54) is 43.4 Å². The Bertz CT molecular complexity index is 577. The lowest BCUT2D eigenvalue weighted by molar-refractivity contribution is 0.332. The monoisotopic (exact) mass is 283 g/mol. The minimum absolute atomic E-state index is 0.202. The molecule has 110 valence electrons. The molecule has 0 saturated carbocycles. The van der Waals surface area contributed by atoms with Crippen LogP contribution in [-0.4, -0.2) is 28.1 Å². The highest BCUT2D eigenvalue weighted by Gasteiger charge is 2.13. The molecule has 2 heterocycles. The summed E-state index contributed by atoms with van der Waals surface area (Å²) in [6, 6.07) is 12.0. The van der Waals surface area contributed by atoms with Crippen molar-refractivity contribution in [3.63, 3.8) is 0 Å². The van der Waals surface area contributed by atoms with Gasteiger partial charge in [-0.2, -0.15) is 0 Å². The molecule has 0 unspecified atom stereocenters. The number of hydrogen-bond donors (Lipinski definition) is 2. The highest BCUT2D eigenvalue weighted by Crippen LogP contribution is 2.20. The van der Waals surface area contributed by atoms with E-state index < -0.39 is 0 Å². The summed E-state index contributed by atoms with van der Waals surface area (Å²) in [6.07, 6.45) is 4.10. The number of anilines is 1. The van der Waals surface area contributed by atoms with Gasteiger partial charge in [-0.1, -0.05) is 18.2 Å². The Balaban J connectivity index is 1.65. The van der Waals surface area contributed by atoms with Gasteiger partial charge in [0.15, 0.2) is 0 Å². The van der Waals surface area contributed by atoms with E-state index in [9.17, 15) is 5.11 Å². The molecule has 1 aliphatic rings. The van der Waals surface area contributed by atoms with Crippen LogP contribution in [0.1, 0.15) is 24.1 Å². The van der Waals surface area contributed by atoms with E-state index in [-0.39, 0.29) is 5.75 Å². The number of nitrogens with zero attached hydrogens (tertiary/aromatic N) is 2. The molecular weight excluding hydrogens is 262 g/mol. The Kier molecular flexibility index (Phi) is 4.36. The van der Waals surface area contributed by atoms with Gasteiger partial charge in [0.25, 0.3) is 0 Å². The van der Waals surface area contributed by atoms with Crippen LogP contribution in [0.15, 0.2) is 42.6 Å². The Labute approximate surface area is 125 Å². The van der Waals surface area contributed by atoms with Crippen molar-refractivity contribution in [1.29, 1.82) is 0 Å². The third-order valence-corrected chi connectivity index (χ3v) is 3.88. The number of para-hydroxylation sites is 1. The van der Waals surface area contributed by atoms with Crippen LogP contribution in [0, 0.1) is 0 Å². The van der Waals surface area contributed by atoms with E-state index in [0.717, 1.165) is 12.2 Å². The van der Waals surface area contributed by atoms with Crippen LogP contribution in [0.2, 0.25) is 0 Å². The van der Waals surface area contributed by atoms with E-state index >= 15 is 0 Å². The molecule has 0 radical (unpaired) electrons. The van der Waals surface area contributed by atoms with Gasteiger partial charge in [0.1, 0.15) is 5.75 Å². The summed E-state index contributed by atoms with van der Waals surface area (Å²) in [5.74, 6) is 0.202. The largest absolute Gasteiger partial charge is 0.506 e. The molecule has 0 spiro atoms. The molecule has 2 aromatic rings. The summed E-state index contributed by atoms with van der Waals surface area (Å²) in [7, 11) is 0. The van der Waals surface area contributed by atoms with Crippen molar-refractivity contribution in [2.75, 3.05) is 18.4 Å². The van der Waals surface area contributed by atoms with Gasteiger partial charge < -0.3 is 10.4 Å². The van der Waals surface area contributed by atoms with Crippen LogP contribution in [0.3, 0.4) is 0 Å². The first kappa shape index (κ1) is 13.9. The Morgan fingerprint density at radius 3 is 2.67 bits per heavy atom. The van der Waals surface area contributed by atoms with Gasteiger partial charge in [0, 0.05) is 12.2 Å². The van der Waals surface area contributed by atoms with Crippen LogP contribution >= 0.6 is 0 Å². The number of aromatic hydroxyl groups is 1. The molecule has 1 aliphatic heterocycles. The summed E-state index contributed by atoms with van der Waals surface area (Å²) >= 11 is 0. The van der Waals surface area contributed by atoms with Gasteiger partial charge in [-0.05, 0) is 49.7 Å². The van der Waals surface area contributed by atoms with Gasteiger partial charge in [-0.25, -0.2) is 0 Å². The molecule has 3 rings (SSSR count). The third kappa shape index (κ3) is 3.73. The molecule has 4 heteroatoms. The predicted molar refractivity (Wildman–Crippen MR) is 84.2 cm³/mol. The molecule has 1 aromatic carbocycles. The fourth-order valence-corrected chi connectivity index (χ4v) is 2.72. The topological polar surface area (TPSA) is 48.4 Å². The Morgan fingerprint density at radius 1 is 1.10 bits per heavy atom. The highest BCUT2D eigenvalue weighted by molar-refractivity contribution is 5.51. The van der Waals surface area contributed by atoms with Gasteiger partial charge in [0.2, 0.25) is 0 Å². The standard InChI is InChI=1S/C17H21N3O/c21-16-8-7-15(18-12-16)11-19-17-6-2-1-5-14(17)13-20-9-3-4-10-20/h1-2,5-8,12,19,21H,3-4,9-11,13H2. The van der Waals surface area contributed by atoms with Crippen molar-refractivity contribution in [1.82, 2.24) is 9.88 Å². The highest BCUT2D eigenvalue weighted by atomic mass is 16.3. The molecule has 1 aromatic heterocycles. The minimum Gasteiger partial charge on any atom is -0.506 e. The van der Waals surface area contributed by atoms with Crippen molar-refractivity contribution in [2.45, 2.75) is 25.9 Å². The van der Waals surface area contributed by atoms with Gasteiger partial charge >= 0.3 is 0 Å². The van der Waals surface area contributed by atoms with Crippen LogP contribution in [0.25, 0.3) is 0 Å². The summed E-state index contributed by atoms with van der Waals surface area (Å²) in [4.78, 5) is 6.70. The van der Waals surface area contributed by atoms with Crippen LogP contribution in [-0.2, 0) is 13.1 Å². The molecule has 0 amide bonds. The van der Waals surface area contributed by atoms with Crippen molar-refractivity contribution in [3.05, 3.63) is 53.9 Å². The number of hydrogen-bond acceptors (Lipinski definition) is 4. The lowest BCUT2D eigenvalue weighted by atomic mass is 10.1. The van der Waals surface area contributed by atoms with Crippen LogP contribution in [0.5, 0.6) is 5.75 Å². The van der Waals surface area contributed by atoms with Crippen molar-refractivity contribution in [2.24, 2.45) is 0 Å². The first-order valence-corrected chi connectivity index (χ1v) is 7.49. The molecule has 0 bridgehead atoms. The Hall–Kier alpha value is -2.07.